The number of benzene rings is 1. The highest BCUT2D eigenvalue weighted by Crippen LogP contribution is 2.15. The highest BCUT2D eigenvalue weighted by Gasteiger charge is 2.04. The zero-order valence-corrected chi connectivity index (χ0v) is 8.79. The fourth-order valence-corrected chi connectivity index (χ4v) is 1.35. The van der Waals surface area contributed by atoms with Crippen molar-refractivity contribution in [2.24, 2.45) is 5.73 Å². The van der Waals surface area contributed by atoms with Gasteiger partial charge in [0.2, 0.25) is 0 Å². The number of alkyl halides is 1. The van der Waals surface area contributed by atoms with Gasteiger partial charge in [-0.15, -0.1) is 0 Å². The van der Waals surface area contributed by atoms with Crippen molar-refractivity contribution < 1.29 is 4.39 Å². The van der Waals surface area contributed by atoms with Crippen molar-refractivity contribution in [3.8, 4) is 0 Å². The molecule has 1 aromatic rings. The average Bonchev–Trinajstić information content (AvgIpc) is 2.06. The van der Waals surface area contributed by atoms with Crippen LogP contribution in [0.15, 0.2) is 24.3 Å². The van der Waals surface area contributed by atoms with Crippen LogP contribution in [-0.4, -0.2) is 6.67 Å². The van der Waals surface area contributed by atoms with Gasteiger partial charge in [-0.25, -0.2) is 0 Å². The van der Waals surface area contributed by atoms with E-state index in [1.54, 1.807) is 0 Å². The molecule has 1 rings (SSSR count). The third kappa shape index (κ3) is 2.71. The number of hydrogen-bond donors (Lipinski definition) is 1. The lowest BCUT2D eigenvalue weighted by atomic mass is 10.1. The Hall–Kier alpha value is -0.160. The van der Waals surface area contributed by atoms with Crippen LogP contribution in [0.1, 0.15) is 18.0 Å². The normalized spacial score (nSPS) is 12.9. The summed E-state index contributed by atoms with van der Waals surface area (Å²) in [5, 5.41) is 0. The van der Waals surface area contributed by atoms with Crippen LogP contribution in [0.5, 0.6) is 0 Å². The monoisotopic (exact) mass is 279 g/mol. The predicted octanol–water partition coefficient (Wildman–Crippen LogP) is 2.65. The number of nitrogens with two attached hydrogens (primary N) is 1. The average molecular weight is 279 g/mol. The SMILES string of the molecule is N[C@@H](CCF)c1ccc(I)cc1. The molecular formula is C9H11FIN. The van der Waals surface area contributed by atoms with E-state index in [-0.39, 0.29) is 12.7 Å². The molecule has 2 N–H and O–H groups in total. The van der Waals surface area contributed by atoms with Gasteiger partial charge in [0.05, 0.1) is 6.67 Å². The molecule has 0 spiro atoms. The van der Waals surface area contributed by atoms with Gasteiger partial charge < -0.3 is 5.73 Å². The molecule has 0 aliphatic heterocycles. The fourth-order valence-electron chi connectivity index (χ4n) is 0.994. The molecule has 0 fully saturated rings. The molecule has 0 radical (unpaired) electrons. The van der Waals surface area contributed by atoms with Crippen molar-refractivity contribution in [2.45, 2.75) is 12.5 Å². The first-order valence-electron chi connectivity index (χ1n) is 3.81. The molecular weight excluding hydrogens is 268 g/mol. The Morgan fingerprint density at radius 2 is 1.92 bits per heavy atom. The van der Waals surface area contributed by atoms with Gasteiger partial charge in [0.25, 0.3) is 0 Å². The standard InChI is InChI=1S/C9H11FIN/c10-6-5-9(12)7-1-3-8(11)4-2-7/h1-4,9H,5-6,12H2/t9-/m0/s1. The molecule has 12 heavy (non-hydrogen) atoms. The zero-order valence-electron chi connectivity index (χ0n) is 6.63. The minimum Gasteiger partial charge on any atom is -0.324 e. The van der Waals surface area contributed by atoms with Crippen LogP contribution in [0.25, 0.3) is 0 Å². The van der Waals surface area contributed by atoms with Crippen LogP contribution in [0, 0.1) is 3.57 Å². The maximum Gasteiger partial charge on any atom is 0.0912 e. The van der Waals surface area contributed by atoms with Crippen LogP contribution in [0.4, 0.5) is 4.39 Å². The van der Waals surface area contributed by atoms with E-state index in [2.05, 4.69) is 22.6 Å². The summed E-state index contributed by atoms with van der Waals surface area (Å²) in [7, 11) is 0. The molecule has 0 saturated heterocycles. The minimum atomic E-state index is -0.354. The van der Waals surface area contributed by atoms with E-state index in [0.29, 0.717) is 6.42 Å². The van der Waals surface area contributed by atoms with E-state index in [1.165, 1.54) is 3.57 Å². The van der Waals surface area contributed by atoms with E-state index in [4.69, 9.17) is 5.73 Å². The van der Waals surface area contributed by atoms with Crippen molar-refractivity contribution in [1.29, 1.82) is 0 Å². The smallest absolute Gasteiger partial charge is 0.0912 e. The van der Waals surface area contributed by atoms with E-state index in [9.17, 15) is 4.39 Å². The van der Waals surface area contributed by atoms with Gasteiger partial charge in [-0.2, -0.15) is 0 Å². The molecule has 3 heteroatoms. The van der Waals surface area contributed by atoms with Crippen molar-refractivity contribution in [2.75, 3.05) is 6.67 Å². The summed E-state index contributed by atoms with van der Waals surface area (Å²) in [5.74, 6) is 0. The van der Waals surface area contributed by atoms with Gasteiger partial charge in [-0.3, -0.25) is 4.39 Å². The minimum absolute atomic E-state index is 0.160. The van der Waals surface area contributed by atoms with E-state index >= 15 is 0 Å². The quantitative estimate of drug-likeness (QED) is 0.846. The van der Waals surface area contributed by atoms with Gasteiger partial charge >= 0.3 is 0 Å². The van der Waals surface area contributed by atoms with E-state index < -0.39 is 0 Å². The molecule has 1 atom stereocenters. The first-order chi connectivity index (χ1) is 5.74. The third-order valence-electron chi connectivity index (χ3n) is 1.72. The lowest BCUT2D eigenvalue weighted by Gasteiger charge is -2.08. The Morgan fingerprint density at radius 1 is 1.33 bits per heavy atom. The first kappa shape index (κ1) is 9.92. The topological polar surface area (TPSA) is 26.0 Å². The Kier molecular flexibility index (Phi) is 3.94. The van der Waals surface area contributed by atoms with E-state index in [0.717, 1.165) is 5.56 Å². The summed E-state index contributed by atoms with van der Waals surface area (Å²) >= 11 is 2.23. The van der Waals surface area contributed by atoms with Gasteiger partial charge in [-0.1, -0.05) is 12.1 Å². The lowest BCUT2D eigenvalue weighted by Crippen LogP contribution is -2.10. The largest absolute Gasteiger partial charge is 0.324 e. The van der Waals surface area contributed by atoms with Crippen LogP contribution in [0.2, 0.25) is 0 Å². The zero-order chi connectivity index (χ0) is 8.97. The van der Waals surface area contributed by atoms with Gasteiger partial charge in [0.15, 0.2) is 0 Å². The van der Waals surface area contributed by atoms with Crippen LogP contribution in [-0.2, 0) is 0 Å². The first-order valence-corrected chi connectivity index (χ1v) is 4.89. The predicted molar refractivity (Wildman–Crippen MR) is 56.7 cm³/mol. The molecule has 1 aromatic carbocycles. The molecule has 0 bridgehead atoms. The summed E-state index contributed by atoms with van der Waals surface area (Å²) < 4.78 is 13.1. The highest BCUT2D eigenvalue weighted by molar-refractivity contribution is 14.1. The summed E-state index contributed by atoms with van der Waals surface area (Å²) in [4.78, 5) is 0. The van der Waals surface area contributed by atoms with Gasteiger partial charge in [0.1, 0.15) is 0 Å². The molecule has 0 heterocycles. The van der Waals surface area contributed by atoms with Gasteiger partial charge in [0, 0.05) is 9.61 Å². The number of hydrogen-bond acceptors (Lipinski definition) is 1. The van der Waals surface area contributed by atoms with Crippen molar-refractivity contribution in [3.05, 3.63) is 33.4 Å². The number of halogens is 2. The Balaban J connectivity index is 2.68. The summed E-state index contributed by atoms with van der Waals surface area (Å²) in [6.45, 7) is -0.354. The Labute approximate surface area is 85.3 Å². The highest BCUT2D eigenvalue weighted by atomic mass is 127. The lowest BCUT2D eigenvalue weighted by molar-refractivity contribution is 0.442. The third-order valence-corrected chi connectivity index (χ3v) is 2.44. The number of rotatable bonds is 3. The Morgan fingerprint density at radius 3 is 2.42 bits per heavy atom. The van der Waals surface area contributed by atoms with Crippen LogP contribution in [0.3, 0.4) is 0 Å². The summed E-state index contributed by atoms with van der Waals surface area (Å²) in [5.41, 5.74) is 6.72. The molecule has 0 unspecified atom stereocenters. The molecule has 0 amide bonds. The van der Waals surface area contributed by atoms with Crippen LogP contribution < -0.4 is 5.73 Å². The molecule has 0 aliphatic rings. The Bertz CT molecular complexity index is 235. The second-order valence-electron chi connectivity index (χ2n) is 2.64. The molecule has 0 aromatic heterocycles. The molecule has 0 aliphatic carbocycles. The van der Waals surface area contributed by atoms with E-state index in [1.807, 2.05) is 24.3 Å². The summed E-state index contributed by atoms with van der Waals surface area (Å²) in [6.07, 6.45) is 0.403. The summed E-state index contributed by atoms with van der Waals surface area (Å²) in [6, 6.07) is 7.69. The van der Waals surface area contributed by atoms with Crippen molar-refractivity contribution in [1.82, 2.24) is 0 Å². The van der Waals surface area contributed by atoms with Crippen molar-refractivity contribution >= 4 is 22.6 Å². The van der Waals surface area contributed by atoms with Crippen molar-refractivity contribution in [3.63, 3.8) is 0 Å². The molecule has 0 saturated carbocycles. The molecule has 66 valence electrons. The second-order valence-corrected chi connectivity index (χ2v) is 3.88. The maximum atomic E-state index is 11.9. The van der Waals surface area contributed by atoms with Gasteiger partial charge in [-0.05, 0) is 46.7 Å². The maximum absolute atomic E-state index is 11.9. The van der Waals surface area contributed by atoms with Crippen LogP contribution >= 0.6 is 22.6 Å². The second kappa shape index (κ2) is 4.77. The molecule has 1 nitrogen and oxygen atoms in total. The fraction of sp³-hybridized carbons (Fsp3) is 0.333.